The van der Waals surface area contributed by atoms with Gasteiger partial charge in [0.1, 0.15) is 18.7 Å². The number of fused-ring (bicyclic) bond motifs is 1. The molecule has 3 rings (SSSR count). The lowest BCUT2D eigenvalue weighted by Crippen LogP contribution is -2.46. The summed E-state index contributed by atoms with van der Waals surface area (Å²) in [5, 5.41) is 2.87. The maximum atomic E-state index is 13.4. The smallest absolute Gasteiger partial charge is 0.257 e. The van der Waals surface area contributed by atoms with E-state index < -0.39 is 0 Å². The molecule has 0 fully saturated rings. The summed E-state index contributed by atoms with van der Waals surface area (Å²) in [6.45, 7) is 8.45. The van der Waals surface area contributed by atoms with Crippen LogP contribution >= 0.6 is 0 Å². The van der Waals surface area contributed by atoms with E-state index in [1.54, 1.807) is 37.3 Å². The second-order valence-electron chi connectivity index (χ2n) is 9.28. The van der Waals surface area contributed by atoms with Crippen LogP contribution in [0.5, 0.6) is 5.75 Å². The minimum absolute atomic E-state index is 0.0548. The summed E-state index contributed by atoms with van der Waals surface area (Å²) in [5.41, 5.74) is 2.02. The molecule has 3 atom stereocenters. The van der Waals surface area contributed by atoms with E-state index in [0.29, 0.717) is 43.1 Å². The number of carbonyl (C=O) groups is 2. The molecule has 1 aliphatic heterocycles. The van der Waals surface area contributed by atoms with E-state index in [2.05, 4.69) is 34.0 Å². The lowest BCUT2D eigenvalue weighted by atomic mass is 10.0. The van der Waals surface area contributed by atoms with Crippen molar-refractivity contribution < 1.29 is 19.1 Å². The summed E-state index contributed by atoms with van der Waals surface area (Å²) in [6, 6.07) is 5.28. The average molecular weight is 484 g/mol. The Kier molecular flexibility index (Phi) is 9.56. The van der Waals surface area contributed by atoms with Crippen LogP contribution in [0, 0.1) is 5.92 Å². The van der Waals surface area contributed by atoms with Crippen molar-refractivity contribution in [3.8, 4) is 5.75 Å². The Morgan fingerprint density at radius 1 is 1.23 bits per heavy atom. The second-order valence-corrected chi connectivity index (χ2v) is 9.28. The molecule has 9 nitrogen and oxygen atoms in total. The number of aromatic nitrogens is 2. The quantitative estimate of drug-likeness (QED) is 0.674. The molecule has 0 spiro atoms. The molecule has 1 aromatic heterocycles. The number of nitrogens with one attached hydrogen (secondary N) is 1. The van der Waals surface area contributed by atoms with E-state index in [-0.39, 0.29) is 29.9 Å². The van der Waals surface area contributed by atoms with Gasteiger partial charge in [-0.05, 0) is 37.5 Å². The Hall–Kier alpha value is -3.04. The molecule has 1 aliphatic rings. The molecule has 0 radical (unpaired) electrons. The van der Waals surface area contributed by atoms with Gasteiger partial charge < -0.3 is 19.7 Å². The average Bonchev–Trinajstić information content (AvgIpc) is 2.85. The zero-order valence-corrected chi connectivity index (χ0v) is 21.4. The van der Waals surface area contributed by atoms with Gasteiger partial charge in [0.15, 0.2) is 0 Å². The molecule has 0 saturated heterocycles. The number of hydrogen-bond donors (Lipinski definition) is 1. The molecule has 0 saturated carbocycles. The fourth-order valence-corrected chi connectivity index (χ4v) is 4.25. The number of methoxy groups -OCH3 is 1. The van der Waals surface area contributed by atoms with Crippen LogP contribution in [0.2, 0.25) is 0 Å². The van der Waals surface area contributed by atoms with E-state index in [0.717, 1.165) is 18.5 Å². The Labute approximate surface area is 207 Å². The van der Waals surface area contributed by atoms with Crippen molar-refractivity contribution in [1.29, 1.82) is 0 Å². The first-order valence-electron chi connectivity index (χ1n) is 12.1. The number of amides is 2. The van der Waals surface area contributed by atoms with Crippen LogP contribution in [0.4, 0.5) is 5.69 Å². The van der Waals surface area contributed by atoms with E-state index in [4.69, 9.17) is 9.47 Å². The second kappa shape index (κ2) is 12.6. The molecule has 2 heterocycles. The van der Waals surface area contributed by atoms with Gasteiger partial charge in [0.25, 0.3) is 5.91 Å². The molecule has 0 aliphatic carbocycles. The SMILES string of the molecule is CCCC(=O)Nc1ccc2c(c1)C(=O)N(C)C[C@@H](OC)[C@H](C)CN(Cc1cncnc1)[C@@H](C)CO2. The van der Waals surface area contributed by atoms with Crippen molar-refractivity contribution >= 4 is 17.5 Å². The number of hydrogen-bond acceptors (Lipinski definition) is 7. The number of rotatable bonds is 6. The van der Waals surface area contributed by atoms with Gasteiger partial charge in [0, 0.05) is 69.9 Å². The topological polar surface area (TPSA) is 96.9 Å². The summed E-state index contributed by atoms with van der Waals surface area (Å²) in [6.07, 6.45) is 6.20. The van der Waals surface area contributed by atoms with Gasteiger partial charge in [0.05, 0.1) is 11.7 Å². The van der Waals surface area contributed by atoms with Gasteiger partial charge in [-0.15, -0.1) is 0 Å². The predicted octanol–water partition coefficient (Wildman–Crippen LogP) is 3.22. The molecule has 0 unspecified atom stereocenters. The van der Waals surface area contributed by atoms with Gasteiger partial charge in [-0.2, -0.15) is 0 Å². The zero-order chi connectivity index (χ0) is 25.4. The number of nitrogens with zero attached hydrogens (tertiary/aromatic N) is 4. The normalized spacial score (nSPS) is 21.9. The van der Waals surface area contributed by atoms with E-state index in [9.17, 15) is 9.59 Å². The Bertz CT molecular complexity index is 987. The summed E-state index contributed by atoms with van der Waals surface area (Å²) in [4.78, 5) is 37.8. The van der Waals surface area contributed by atoms with Crippen molar-refractivity contribution in [1.82, 2.24) is 19.8 Å². The summed E-state index contributed by atoms with van der Waals surface area (Å²) < 4.78 is 12.0. The number of benzene rings is 1. The molecule has 2 amide bonds. The predicted molar refractivity (Wildman–Crippen MR) is 134 cm³/mol. The first-order chi connectivity index (χ1) is 16.8. The third-order valence-corrected chi connectivity index (χ3v) is 6.33. The van der Waals surface area contributed by atoms with Crippen LogP contribution in [-0.2, 0) is 16.1 Å². The molecule has 1 N–H and O–H groups in total. The van der Waals surface area contributed by atoms with Crippen molar-refractivity contribution in [3.05, 3.63) is 48.0 Å². The zero-order valence-electron chi connectivity index (χ0n) is 21.4. The van der Waals surface area contributed by atoms with Gasteiger partial charge in [0.2, 0.25) is 5.91 Å². The van der Waals surface area contributed by atoms with Gasteiger partial charge >= 0.3 is 0 Å². The fraction of sp³-hybridized carbons (Fsp3) is 0.538. The third-order valence-electron chi connectivity index (χ3n) is 6.33. The minimum Gasteiger partial charge on any atom is -0.491 e. The highest BCUT2D eigenvalue weighted by molar-refractivity contribution is 5.99. The number of anilines is 1. The molecule has 9 heteroatoms. The number of likely N-dealkylation sites (N-methyl/N-ethyl adjacent to an activating group) is 1. The van der Waals surface area contributed by atoms with Crippen LogP contribution in [0.3, 0.4) is 0 Å². The van der Waals surface area contributed by atoms with Crippen molar-refractivity contribution in [2.75, 3.05) is 39.2 Å². The first-order valence-corrected chi connectivity index (χ1v) is 12.1. The van der Waals surface area contributed by atoms with Gasteiger partial charge in [-0.3, -0.25) is 14.5 Å². The third kappa shape index (κ3) is 7.22. The van der Waals surface area contributed by atoms with Crippen molar-refractivity contribution in [2.45, 2.75) is 52.3 Å². The monoisotopic (exact) mass is 483 g/mol. The highest BCUT2D eigenvalue weighted by Crippen LogP contribution is 2.27. The number of carbonyl (C=O) groups excluding carboxylic acids is 2. The van der Waals surface area contributed by atoms with E-state index in [1.807, 2.05) is 19.3 Å². The maximum Gasteiger partial charge on any atom is 0.257 e. The number of ether oxygens (including phenoxy) is 2. The Morgan fingerprint density at radius 2 is 1.97 bits per heavy atom. The van der Waals surface area contributed by atoms with Crippen LogP contribution < -0.4 is 10.1 Å². The largest absolute Gasteiger partial charge is 0.491 e. The highest BCUT2D eigenvalue weighted by Gasteiger charge is 2.28. The molecule has 190 valence electrons. The lowest BCUT2D eigenvalue weighted by molar-refractivity contribution is -0.116. The molecule has 0 bridgehead atoms. The van der Waals surface area contributed by atoms with Gasteiger partial charge in [-0.25, -0.2) is 9.97 Å². The lowest BCUT2D eigenvalue weighted by Gasteiger charge is -2.36. The van der Waals surface area contributed by atoms with Crippen LogP contribution in [0.15, 0.2) is 36.9 Å². The minimum atomic E-state index is -0.174. The fourth-order valence-electron chi connectivity index (χ4n) is 4.25. The maximum absolute atomic E-state index is 13.4. The summed E-state index contributed by atoms with van der Waals surface area (Å²) >= 11 is 0. The standard InChI is InChI=1S/C26H37N5O4/c1-6-7-25(32)29-21-8-9-23-22(10-21)26(33)30(4)15-24(34-5)18(2)13-31(19(3)16-35-23)14-20-11-27-17-28-12-20/h8-12,17-19,24H,6-7,13-16H2,1-5H3,(H,29,32)/t18-,19+,24-/m1/s1. The van der Waals surface area contributed by atoms with E-state index >= 15 is 0 Å². The summed E-state index contributed by atoms with van der Waals surface area (Å²) in [5.74, 6) is 0.394. The van der Waals surface area contributed by atoms with Crippen LogP contribution in [0.25, 0.3) is 0 Å². The molecule has 35 heavy (non-hydrogen) atoms. The molecular weight excluding hydrogens is 446 g/mol. The first kappa shape index (κ1) is 26.6. The van der Waals surface area contributed by atoms with Crippen LogP contribution in [-0.4, -0.2) is 77.6 Å². The van der Waals surface area contributed by atoms with Crippen molar-refractivity contribution in [3.63, 3.8) is 0 Å². The van der Waals surface area contributed by atoms with Gasteiger partial charge in [-0.1, -0.05) is 13.8 Å². The van der Waals surface area contributed by atoms with Crippen molar-refractivity contribution in [2.24, 2.45) is 5.92 Å². The molecular formula is C26H37N5O4. The summed E-state index contributed by atoms with van der Waals surface area (Å²) in [7, 11) is 3.45. The molecule has 2 aromatic rings. The van der Waals surface area contributed by atoms with E-state index in [1.165, 1.54) is 6.33 Å². The molecule has 1 aromatic carbocycles. The Morgan fingerprint density at radius 3 is 2.66 bits per heavy atom. The van der Waals surface area contributed by atoms with Crippen LogP contribution in [0.1, 0.15) is 49.5 Å². The Balaban J connectivity index is 1.92. The highest BCUT2D eigenvalue weighted by atomic mass is 16.5.